The van der Waals surface area contributed by atoms with Crippen LogP contribution in [-0.4, -0.2) is 24.5 Å². The fourth-order valence-corrected chi connectivity index (χ4v) is 2.85. The quantitative estimate of drug-likeness (QED) is 0.818. The van der Waals surface area contributed by atoms with Gasteiger partial charge in [0.05, 0.1) is 12.2 Å². The molecule has 1 aliphatic rings. The number of aryl methyl sites for hydroxylation is 1. The Balaban J connectivity index is 1.74. The second-order valence-electron chi connectivity index (χ2n) is 4.47. The molecular formula is C11H16N6S. The molecule has 1 fully saturated rings. The van der Waals surface area contributed by atoms with E-state index in [-0.39, 0.29) is 0 Å². The summed E-state index contributed by atoms with van der Waals surface area (Å²) < 4.78 is 4.00. The Hall–Kier alpha value is -1.34. The normalized spacial score (nSPS) is 15.2. The van der Waals surface area contributed by atoms with Gasteiger partial charge in [-0.2, -0.15) is 5.10 Å². The van der Waals surface area contributed by atoms with Crippen LogP contribution in [0, 0.1) is 0 Å². The minimum absolute atomic E-state index is 0.452. The Bertz CT molecular complexity index is 541. The van der Waals surface area contributed by atoms with E-state index in [0.717, 1.165) is 22.4 Å². The number of thioether (sulfide) groups is 1. The maximum absolute atomic E-state index is 5.69. The van der Waals surface area contributed by atoms with Gasteiger partial charge in [-0.15, -0.1) is 10.2 Å². The lowest BCUT2D eigenvalue weighted by Gasteiger charge is -2.06. The van der Waals surface area contributed by atoms with Gasteiger partial charge in [0.2, 0.25) is 0 Å². The molecule has 0 unspecified atom stereocenters. The van der Waals surface area contributed by atoms with Crippen molar-refractivity contribution in [2.75, 3.05) is 0 Å². The molecule has 2 aromatic heterocycles. The third-order valence-corrected chi connectivity index (χ3v) is 3.92. The summed E-state index contributed by atoms with van der Waals surface area (Å²) in [4.78, 5) is 0. The largest absolute Gasteiger partial charge is 0.324 e. The summed E-state index contributed by atoms with van der Waals surface area (Å²) >= 11 is 1.68. The van der Waals surface area contributed by atoms with Crippen molar-refractivity contribution in [2.45, 2.75) is 36.3 Å². The molecule has 7 heteroatoms. The van der Waals surface area contributed by atoms with Crippen LogP contribution >= 0.6 is 11.8 Å². The van der Waals surface area contributed by atoms with Crippen molar-refractivity contribution in [3.63, 3.8) is 0 Å². The number of nitrogens with zero attached hydrogens (tertiary/aromatic N) is 5. The molecule has 0 bridgehead atoms. The van der Waals surface area contributed by atoms with Gasteiger partial charge in [-0.05, 0) is 18.9 Å². The topological polar surface area (TPSA) is 74.6 Å². The Morgan fingerprint density at radius 1 is 1.44 bits per heavy atom. The summed E-state index contributed by atoms with van der Waals surface area (Å²) in [5, 5.41) is 13.7. The van der Waals surface area contributed by atoms with E-state index in [1.807, 2.05) is 24.0 Å². The van der Waals surface area contributed by atoms with Crippen LogP contribution in [0.2, 0.25) is 0 Å². The molecule has 18 heavy (non-hydrogen) atoms. The van der Waals surface area contributed by atoms with Gasteiger partial charge in [0.25, 0.3) is 0 Å². The molecule has 0 spiro atoms. The van der Waals surface area contributed by atoms with Crippen molar-refractivity contribution in [2.24, 2.45) is 12.8 Å². The maximum atomic E-state index is 5.69. The average molecular weight is 264 g/mol. The van der Waals surface area contributed by atoms with Gasteiger partial charge >= 0.3 is 0 Å². The number of hydrogen-bond donors (Lipinski definition) is 1. The van der Waals surface area contributed by atoms with Crippen LogP contribution in [0.4, 0.5) is 0 Å². The fraction of sp³-hybridized carbons (Fsp3) is 0.545. The molecule has 0 aromatic carbocycles. The molecule has 2 aromatic rings. The first kappa shape index (κ1) is 11.7. The SMILES string of the molecule is Cn1ccc(CSc2nnc(CN)n2C2CC2)n1. The molecular weight excluding hydrogens is 248 g/mol. The minimum atomic E-state index is 0.452. The second kappa shape index (κ2) is 4.74. The summed E-state index contributed by atoms with van der Waals surface area (Å²) in [6.07, 6.45) is 4.37. The van der Waals surface area contributed by atoms with Crippen molar-refractivity contribution in [1.29, 1.82) is 0 Å². The Morgan fingerprint density at radius 3 is 2.89 bits per heavy atom. The van der Waals surface area contributed by atoms with Crippen LogP contribution in [0.5, 0.6) is 0 Å². The van der Waals surface area contributed by atoms with Crippen molar-refractivity contribution in [3.05, 3.63) is 23.8 Å². The van der Waals surface area contributed by atoms with E-state index < -0.39 is 0 Å². The molecule has 0 saturated heterocycles. The lowest BCUT2D eigenvalue weighted by molar-refractivity contribution is 0.626. The van der Waals surface area contributed by atoms with E-state index in [2.05, 4.69) is 19.9 Å². The second-order valence-corrected chi connectivity index (χ2v) is 5.42. The molecule has 0 amide bonds. The molecule has 2 heterocycles. The van der Waals surface area contributed by atoms with Crippen molar-refractivity contribution in [1.82, 2.24) is 24.5 Å². The van der Waals surface area contributed by atoms with Crippen molar-refractivity contribution in [3.8, 4) is 0 Å². The highest BCUT2D eigenvalue weighted by molar-refractivity contribution is 7.98. The predicted molar refractivity (Wildman–Crippen MR) is 69.0 cm³/mol. The van der Waals surface area contributed by atoms with Crippen LogP contribution in [0.1, 0.15) is 30.4 Å². The lowest BCUT2D eigenvalue weighted by Crippen LogP contribution is -2.08. The zero-order valence-electron chi connectivity index (χ0n) is 10.3. The molecule has 2 N–H and O–H groups in total. The smallest absolute Gasteiger partial charge is 0.191 e. The third kappa shape index (κ3) is 2.28. The summed E-state index contributed by atoms with van der Waals surface area (Å²) in [5.41, 5.74) is 6.75. The molecule has 0 atom stereocenters. The maximum Gasteiger partial charge on any atom is 0.191 e. The summed E-state index contributed by atoms with van der Waals surface area (Å²) in [5.74, 6) is 1.71. The zero-order chi connectivity index (χ0) is 12.5. The Kier molecular flexibility index (Phi) is 3.09. The van der Waals surface area contributed by atoms with Crippen LogP contribution in [0.25, 0.3) is 0 Å². The van der Waals surface area contributed by atoms with Gasteiger partial charge in [0, 0.05) is 25.0 Å². The van der Waals surface area contributed by atoms with E-state index in [0.29, 0.717) is 12.6 Å². The monoisotopic (exact) mass is 264 g/mol. The molecule has 0 radical (unpaired) electrons. The van der Waals surface area contributed by atoms with E-state index >= 15 is 0 Å². The molecule has 0 aliphatic heterocycles. The molecule has 96 valence electrons. The van der Waals surface area contributed by atoms with E-state index in [1.54, 1.807) is 11.8 Å². The number of hydrogen-bond acceptors (Lipinski definition) is 5. The van der Waals surface area contributed by atoms with Gasteiger partial charge in [-0.25, -0.2) is 0 Å². The number of aromatic nitrogens is 5. The highest BCUT2D eigenvalue weighted by Crippen LogP contribution is 2.39. The summed E-state index contributed by atoms with van der Waals surface area (Å²) in [6, 6.07) is 2.58. The van der Waals surface area contributed by atoms with Gasteiger partial charge < -0.3 is 10.3 Å². The van der Waals surface area contributed by atoms with Crippen LogP contribution in [0.15, 0.2) is 17.4 Å². The van der Waals surface area contributed by atoms with E-state index in [4.69, 9.17) is 5.73 Å². The first-order chi connectivity index (χ1) is 8.78. The Labute approximate surface area is 110 Å². The van der Waals surface area contributed by atoms with Crippen molar-refractivity contribution < 1.29 is 0 Å². The zero-order valence-corrected chi connectivity index (χ0v) is 11.1. The minimum Gasteiger partial charge on any atom is -0.324 e. The van der Waals surface area contributed by atoms with E-state index in [9.17, 15) is 0 Å². The third-order valence-electron chi connectivity index (χ3n) is 2.95. The van der Waals surface area contributed by atoms with Crippen LogP contribution in [-0.2, 0) is 19.3 Å². The van der Waals surface area contributed by atoms with E-state index in [1.165, 1.54) is 12.8 Å². The lowest BCUT2D eigenvalue weighted by atomic mass is 10.5. The Morgan fingerprint density at radius 2 is 2.28 bits per heavy atom. The first-order valence-electron chi connectivity index (χ1n) is 6.03. The van der Waals surface area contributed by atoms with Gasteiger partial charge in [-0.3, -0.25) is 4.68 Å². The molecule has 1 aliphatic carbocycles. The number of rotatable bonds is 5. The van der Waals surface area contributed by atoms with Gasteiger partial charge in [0.1, 0.15) is 5.82 Å². The molecule has 6 nitrogen and oxygen atoms in total. The fourth-order valence-electron chi connectivity index (χ4n) is 1.92. The molecule has 1 saturated carbocycles. The first-order valence-corrected chi connectivity index (χ1v) is 7.01. The summed E-state index contributed by atoms with van der Waals surface area (Å²) in [7, 11) is 1.92. The van der Waals surface area contributed by atoms with Crippen LogP contribution < -0.4 is 5.73 Å². The van der Waals surface area contributed by atoms with Gasteiger partial charge in [-0.1, -0.05) is 11.8 Å². The highest BCUT2D eigenvalue weighted by atomic mass is 32.2. The number of nitrogens with two attached hydrogens (primary N) is 1. The standard InChI is InChI=1S/C11H16N6S/c1-16-5-4-8(15-16)7-18-11-14-13-10(6-12)17(11)9-2-3-9/h4-5,9H,2-3,6-7,12H2,1H3. The predicted octanol–water partition coefficient (Wildman–Crippen LogP) is 1.10. The average Bonchev–Trinajstić information content (AvgIpc) is 2.99. The van der Waals surface area contributed by atoms with Crippen molar-refractivity contribution >= 4 is 11.8 Å². The van der Waals surface area contributed by atoms with Gasteiger partial charge in [0.15, 0.2) is 5.16 Å². The highest BCUT2D eigenvalue weighted by Gasteiger charge is 2.29. The van der Waals surface area contributed by atoms with Crippen LogP contribution in [0.3, 0.4) is 0 Å². The summed E-state index contributed by atoms with van der Waals surface area (Å²) in [6.45, 7) is 0.452. The molecule has 3 rings (SSSR count).